The van der Waals surface area contributed by atoms with Crippen LogP contribution in [0.3, 0.4) is 0 Å². The van der Waals surface area contributed by atoms with Crippen LogP contribution in [-0.4, -0.2) is 62.0 Å². The fraction of sp³-hybridized carbons (Fsp3) is 0.310. The molecule has 2 bridgehead atoms. The molecule has 3 fully saturated rings. The molecule has 0 saturated carbocycles. The van der Waals surface area contributed by atoms with Gasteiger partial charge in [-0.1, -0.05) is 71.7 Å². The van der Waals surface area contributed by atoms with Crippen molar-refractivity contribution >= 4 is 35.3 Å². The van der Waals surface area contributed by atoms with Crippen LogP contribution >= 0.6 is 23.2 Å². The molecule has 5 aromatic rings. The van der Waals surface area contributed by atoms with E-state index >= 15 is 0 Å². The summed E-state index contributed by atoms with van der Waals surface area (Å²) in [5, 5.41) is 25.6. The number of carbonyl (C=O) groups is 2. The number of fused-ring (bicyclic) bond motifs is 3. The lowest BCUT2D eigenvalue weighted by atomic mass is 9.85. The number of rotatable bonds is 14. The van der Waals surface area contributed by atoms with Gasteiger partial charge < -0.3 is 39.0 Å². The summed E-state index contributed by atoms with van der Waals surface area (Å²) in [5.41, 5.74) is 3.17. The Kier molecular flexibility index (Phi) is 11.9. The molecule has 292 valence electrons. The monoisotopic (exact) mass is 801 g/mol. The molecule has 1 amide bonds. The molecule has 12 nitrogen and oxygen atoms in total. The van der Waals surface area contributed by atoms with Gasteiger partial charge in [0, 0.05) is 23.6 Å². The molecule has 0 aliphatic carbocycles. The van der Waals surface area contributed by atoms with Crippen molar-refractivity contribution in [1.82, 2.24) is 10.2 Å². The summed E-state index contributed by atoms with van der Waals surface area (Å²) in [6.45, 7) is 2.78. The quantitative estimate of drug-likeness (QED) is 0.0843. The number of benzene rings is 3. The van der Waals surface area contributed by atoms with Gasteiger partial charge in [-0.3, -0.25) is 4.90 Å². The number of ether oxygens (including phenoxy) is 4. The number of furan rings is 1. The lowest BCUT2D eigenvalue weighted by Crippen LogP contribution is -2.52. The van der Waals surface area contributed by atoms with Gasteiger partial charge in [-0.25, -0.2) is 9.59 Å². The first-order valence-electron chi connectivity index (χ1n) is 18.2. The van der Waals surface area contributed by atoms with Crippen LogP contribution in [0.15, 0.2) is 95.7 Å². The van der Waals surface area contributed by atoms with Gasteiger partial charge in [0.15, 0.2) is 23.9 Å². The van der Waals surface area contributed by atoms with Gasteiger partial charge in [0.2, 0.25) is 5.76 Å². The molecule has 0 spiro atoms. The van der Waals surface area contributed by atoms with Crippen LogP contribution in [0.5, 0.6) is 17.2 Å². The van der Waals surface area contributed by atoms with E-state index in [1.807, 2.05) is 42.5 Å². The number of nitrogens with one attached hydrogen (secondary N) is 1. The number of pyridine rings is 1. The first-order chi connectivity index (χ1) is 27.1. The minimum atomic E-state index is -1.28. The Hall–Kier alpha value is -5.43. The van der Waals surface area contributed by atoms with E-state index in [0.717, 1.165) is 43.6 Å². The molecule has 14 heteroatoms. The van der Waals surface area contributed by atoms with Crippen molar-refractivity contribution in [3.05, 3.63) is 146 Å². The van der Waals surface area contributed by atoms with Crippen LogP contribution in [-0.2, 0) is 17.8 Å². The number of nitrogens with zero attached hydrogens (tertiary/aromatic N) is 2. The lowest BCUT2D eigenvalue weighted by Gasteiger charge is -2.43. The first-order valence-corrected chi connectivity index (χ1v) is 19.0. The lowest BCUT2D eigenvalue weighted by molar-refractivity contribution is -0.605. The second-order valence-corrected chi connectivity index (χ2v) is 14.7. The van der Waals surface area contributed by atoms with Crippen molar-refractivity contribution in [1.29, 1.82) is 0 Å². The third-order valence-corrected chi connectivity index (χ3v) is 11.2. The summed E-state index contributed by atoms with van der Waals surface area (Å²) in [6, 6.07) is 23.4. The summed E-state index contributed by atoms with van der Waals surface area (Å²) in [5.74, 6) is -0.170. The molecule has 3 atom stereocenters. The van der Waals surface area contributed by atoms with Crippen molar-refractivity contribution in [3.8, 4) is 17.2 Å². The third kappa shape index (κ3) is 8.67. The molecule has 5 heterocycles. The smallest absolute Gasteiger partial charge is 0.408 e. The number of halogens is 2. The zero-order chi connectivity index (χ0) is 39.3. The van der Waals surface area contributed by atoms with Crippen LogP contribution in [0.1, 0.15) is 68.9 Å². The molecular formula is C42H41Cl2N3O9. The van der Waals surface area contributed by atoms with Gasteiger partial charge in [-0.05, 0) is 85.3 Å². The zero-order valence-corrected chi connectivity index (χ0v) is 32.3. The van der Waals surface area contributed by atoms with E-state index in [4.69, 9.17) is 46.6 Å². The van der Waals surface area contributed by atoms with E-state index in [1.54, 1.807) is 36.4 Å². The highest BCUT2D eigenvalue weighted by molar-refractivity contribution is 6.35. The second-order valence-electron chi connectivity index (χ2n) is 13.9. The average molecular weight is 803 g/mol. The highest BCUT2D eigenvalue weighted by Crippen LogP contribution is 2.40. The normalized spacial score (nSPS) is 18.5. The summed E-state index contributed by atoms with van der Waals surface area (Å²) in [4.78, 5) is 28.2. The summed E-state index contributed by atoms with van der Waals surface area (Å²) in [6.07, 6.45) is 4.00. The SMILES string of the molecule is COc1ccc(C(Cc2c(Cl)c[n+]([O-])cc2Cl)c2cc(COc3ccc([C@@H](NC(=O)O[C@H]4CN5CCC4CC5)c4ccccc4)cc3)oc2C(=O)O)cc1OC. The number of hydrogen-bond acceptors (Lipinski definition) is 9. The maximum absolute atomic E-state index is 13.2. The molecule has 2 N–H and O–H groups in total. The number of amides is 1. The van der Waals surface area contributed by atoms with Crippen LogP contribution < -0.4 is 24.3 Å². The highest BCUT2D eigenvalue weighted by Gasteiger charge is 2.37. The number of piperidine rings is 3. The zero-order valence-electron chi connectivity index (χ0n) is 30.8. The van der Waals surface area contributed by atoms with Crippen LogP contribution in [0, 0.1) is 11.1 Å². The summed E-state index contributed by atoms with van der Waals surface area (Å²) in [7, 11) is 3.02. The molecule has 1 unspecified atom stereocenters. The average Bonchev–Trinajstić information content (AvgIpc) is 3.64. The molecule has 3 aliphatic rings. The molecule has 56 heavy (non-hydrogen) atoms. The van der Waals surface area contributed by atoms with Gasteiger partial charge in [-0.2, -0.15) is 4.73 Å². The molecule has 3 aliphatic heterocycles. The first kappa shape index (κ1) is 38.8. The van der Waals surface area contributed by atoms with Crippen molar-refractivity contribution in [2.45, 2.75) is 43.9 Å². The van der Waals surface area contributed by atoms with E-state index in [9.17, 15) is 19.9 Å². The van der Waals surface area contributed by atoms with E-state index in [1.165, 1.54) is 26.6 Å². The van der Waals surface area contributed by atoms with E-state index in [-0.39, 0.29) is 40.7 Å². The van der Waals surface area contributed by atoms with Gasteiger partial charge >= 0.3 is 12.1 Å². The standard InChI is InChI=1S/C42H41Cl2N3O9/c1-52-36-13-10-28(18-37(36)53-2)31(20-33-34(43)21-47(51)22-35(33)44)32-19-30(55-40(32)41(48)49)24-54-29-11-8-27(9-12-29)39(26-6-4-3-5-7-26)45-42(50)56-38-23-46-16-14-25(38)15-17-46/h3-13,18-19,21-22,25,31,38-39H,14-17,20,23-24H2,1-2H3,(H,45,50)(H,48,49)/t31?,38-,39-/m0/s1. The number of carboxylic acid groups (broad SMARTS) is 1. The molecule has 2 aromatic heterocycles. The minimum Gasteiger partial charge on any atom is -0.619 e. The van der Waals surface area contributed by atoms with Crippen LogP contribution in [0.2, 0.25) is 10.0 Å². The number of aromatic carboxylic acids is 1. The minimum absolute atomic E-state index is 0.0897. The Morgan fingerprint density at radius 3 is 2.21 bits per heavy atom. The number of methoxy groups -OCH3 is 2. The predicted octanol–water partition coefficient (Wildman–Crippen LogP) is 7.80. The topological polar surface area (TPSA) is 147 Å². The molecule has 0 radical (unpaired) electrons. The Balaban J connectivity index is 1.11. The number of aromatic nitrogens is 1. The van der Waals surface area contributed by atoms with Gasteiger partial charge in [0.25, 0.3) is 0 Å². The van der Waals surface area contributed by atoms with Gasteiger partial charge in [0.05, 0.1) is 20.3 Å². The van der Waals surface area contributed by atoms with Crippen molar-refractivity contribution < 1.29 is 42.8 Å². The molecule has 8 rings (SSSR count). The fourth-order valence-electron chi connectivity index (χ4n) is 7.61. The number of carboxylic acids is 1. The maximum atomic E-state index is 13.2. The molecule has 3 saturated heterocycles. The van der Waals surface area contributed by atoms with Crippen LogP contribution in [0.4, 0.5) is 4.79 Å². The predicted molar refractivity (Wildman–Crippen MR) is 208 cm³/mol. The van der Waals surface area contributed by atoms with Crippen molar-refractivity contribution in [3.63, 3.8) is 0 Å². The van der Waals surface area contributed by atoms with E-state index in [2.05, 4.69) is 10.2 Å². The van der Waals surface area contributed by atoms with Gasteiger partial charge in [0.1, 0.15) is 34.3 Å². The second kappa shape index (κ2) is 17.2. The third-order valence-electron chi connectivity index (χ3n) is 10.5. The summed E-state index contributed by atoms with van der Waals surface area (Å²) < 4.78 is 29.4. The fourth-order valence-corrected chi connectivity index (χ4v) is 8.21. The number of hydrogen-bond donors (Lipinski definition) is 2. The Labute approximate surface area is 334 Å². The Morgan fingerprint density at radius 2 is 1.59 bits per heavy atom. The van der Waals surface area contributed by atoms with Gasteiger partial charge in [-0.15, -0.1) is 0 Å². The largest absolute Gasteiger partial charge is 0.619 e. The summed E-state index contributed by atoms with van der Waals surface area (Å²) >= 11 is 13.0. The highest BCUT2D eigenvalue weighted by atomic mass is 35.5. The number of alkyl carbamates (subject to hydrolysis) is 1. The van der Waals surface area contributed by atoms with E-state index in [0.29, 0.717) is 44.6 Å². The number of carbonyl (C=O) groups excluding carboxylic acids is 1. The van der Waals surface area contributed by atoms with Crippen LogP contribution in [0.25, 0.3) is 0 Å². The van der Waals surface area contributed by atoms with Crippen molar-refractivity contribution in [2.75, 3.05) is 33.9 Å². The Morgan fingerprint density at radius 1 is 0.929 bits per heavy atom. The maximum Gasteiger partial charge on any atom is 0.408 e. The molecule has 3 aromatic carbocycles. The Bertz CT molecular complexity index is 2150. The molecular weight excluding hydrogens is 761 g/mol. The van der Waals surface area contributed by atoms with E-state index < -0.39 is 24.0 Å². The van der Waals surface area contributed by atoms with Crippen molar-refractivity contribution in [2.24, 2.45) is 5.92 Å².